The molecule has 0 aliphatic carbocycles. The molecule has 184 valence electrons. The summed E-state index contributed by atoms with van der Waals surface area (Å²) in [6, 6.07) is 22.8. The fraction of sp³-hybridized carbons (Fsp3) is 0.250. The Labute approximate surface area is 209 Å². The summed E-state index contributed by atoms with van der Waals surface area (Å²) in [6.45, 7) is 0.495. The number of aryl methyl sites for hydroxylation is 1. The molecule has 0 spiro atoms. The van der Waals surface area contributed by atoms with Crippen molar-refractivity contribution in [3.05, 3.63) is 89.7 Å². The lowest BCUT2D eigenvalue weighted by atomic mass is 10.0. The highest BCUT2D eigenvalue weighted by molar-refractivity contribution is 5.98. The molecule has 5 rings (SSSR count). The number of likely N-dealkylation sites (N-methyl/N-ethyl adjacent to an activating group) is 1. The lowest BCUT2D eigenvalue weighted by molar-refractivity contribution is 0.0718. The third-order valence-electron chi connectivity index (χ3n) is 6.56. The zero-order valence-corrected chi connectivity index (χ0v) is 20.3. The Morgan fingerprint density at radius 1 is 1.03 bits per heavy atom. The Kier molecular flexibility index (Phi) is 6.58. The van der Waals surface area contributed by atoms with E-state index in [-0.39, 0.29) is 24.6 Å². The molecule has 0 saturated carbocycles. The molecule has 2 heterocycles. The van der Waals surface area contributed by atoms with E-state index in [0.717, 1.165) is 16.6 Å². The Balaban J connectivity index is 1.31. The topological polar surface area (TPSA) is 85.7 Å². The number of benzene rings is 3. The maximum absolute atomic E-state index is 13.5. The lowest BCUT2D eigenvalue weighted by Gasteiger charge is -2.29. The number of hydrogen-bond donors (Lipinski definition) is 1. The number of imidazole rings is 1. The Morgan fingerprint density at radius 3 is 2.61 bits per heavy atom. The number of nitrogens with one attached hydrogen (secondary N) is 1. The number of carbonyl (C=O) groups excluding carboxylic acids is 2. The van der Waals surface area contributed by atoms with Gasteiger partial charge in [-0.25, -0.2) is 4.98 Å². The van der Waals surface area contributed by atoms with Crippen LogP contribution < -0.4 is 14.8 Å². The molecule has 1 aliphatic rings. The van der Waals surface area contributed by atoms with E-state index in [9.17, 15) is 9.59 Å². The van der Waals surface area contributed by atoms with E-state index < -0.39 is 0 Å². The van der Waals surface area contributed by atoms with Crippen LogP contribution in [-0.4, -0.2) is 52.7 Å². The van der Waals surface area contributed by atoms with Crippen LogP contribution in [0.2, 0.25) is 0 Å². The minimum Gasteiger partial charge on any atom is -0.454 e. The van der Waals surface area contributed by atoms with E-state index in [4.69, 9.17) is 9.47 Å². The molecule has 2 amide bonds. The van der Waals surface area contributed by atoms with Gasteiger partial charge >= 0.3 is 0 Å². The van der Waals surface area contributed by atoms with Gasteiger partial charge < -0.3 is 24.3 Å². The van der Waals surface area contributed by atoms with Gasteiger partial charge in [-0.15, -0.1) is 0 Å². The SMILES string of the molecule is CN(C(=O)c1cccc2c1OCO2)C(CCNC(=O)c1nc2ccccc2n1C)Cc1ccccc1. The van der Waals surface area contributed by atoms with Crippen molar-refractivity contribution in [2.24, 2.45) is 7.05 Å². The molecule has 3 aromatic carbocycles. The van der Waals surface area contributed by atoms with Crippen molar-refractivity contribution in [2.45, 2.75) is 18.9 Å². The van der Waals surface area contributed by atoms with Crippen molar-refractivity contribution in [3.8, 4) is 11.5 Å². The predicted molar refractivity (Wildman–Crippen MR) is 136 cm³/mol. The van der Waals surface area contributed by atoms with Crippen LogP contribution in [0.15, 0.2) is 72.8 Å². The predicted octanol–water partition coefficient (Wildman–Crippen LogP) is 3.81. The Bertz CT molecular complexity index is 1400. The monoisotopic (exact) mass is 484 g/mol. The Hall–Kier alpha value is -4.33. The second-order valence-electron chi connectivity index (χ2n) is 8.83. The first kappa shape index (κ1) is 23.4. The first-order chi connectivity index (χ1) is 17.5. The fourth-order valence-corrected chi connectivity index (χ4v) is 4.55. The normalized spacial score (nSPS) is 12.9. The molecule has 1 atom stereocenters. The first-order valence-corrected chi connectivity index (χ1v) is 11.9. The molecule has 4 aromatic rings. The van der Waals surface area contributed by atoms with Crippen molar-refractivity contribution < 1.29 is 19.1 Å². The number of ether oxygens (including phenoxy) is 2. The van der Waals surface area contributed by atoms with E-state index in [1.807, 2.05) is 61.6 Å². The highest BCUT2D eigenvalue weighted by atomic mass is 16.7. The van der Waals surface area contributed by atoms with Crippen molar-refractivity contribution in [1.29, 1.82) is 0 Å². The van der Waals surface area contributed by atoms with Crippen LogP contribution >= 0.6 is 0 Å². The average Bonchev–Trinajstić information content (AvgIpc) is 3.52. The molecule has 1 aromatic heterocycles. The molecule has 0 radical (unpaired) electrons. The number of amides is 2. The summed E-state index contributed by atoms with van der Waals surface area (Å²) in [5.74, 6) is 1.01. The van der Waals surface area contributed by atoms with Crippen LogP contribution in [0, 0.1) is 0 Å². The number of hydrogen-bond acceptors (Lipinski definition) is 5. The van der Waals surface area contributed by atoms with Crippen LogP contribution in [0.3, 0.4) is 0 Å². The van der Waals surface area contributed by atoms with Gasteiger partial charge in [-0.2, -0.15) is 0 Å². The standard InChI is InChI=1S/C28H28N4O4/c1-31(28(34)21-11-8-14-24-25(21)36-18-35-24)20(17-19-9-4-3-5-10-19)15-16-29-27(33)26-30-22-12-6-7-13-23(22)32(26)2/h3-14,20H,15-18H2,1-2H3,(H,29,33). The molecule has 8 heteroatoms. The maximum Gasteiger partial charge on any atom is 0.287 e. The number of carbonyl (C=O) groups is 2. The van der Waals surface area contributed by atoms with Crippen LogP contribution in [-0.2, 0) is 13.5 Å². The lowest BCUT2D eigenvalue weighted by Crippen LogP contribution is -2.41. The van der Waals surface area contributed by atoms with E-state index in [1.54, 1.807) is 34.7 Å². The van der Waals surface area contributed by atoms with E-state index in [1.165, 1.54) is 0 Å². The van der Waals surface area contributed by atoms with E-state index in [2.05, 4.69) is 10.3 Å². The minimum atomic E-state index is -0.243. The van der Waals surface area contributed by atoms with Crippen LogP contribution in [0.25, 0.3) is 11.0 Å². The number of fused-ring (bicyclic) bond motifs is 2. The molecular weight excluding hydrogens is 456 g/mol. The maximum atomic E-state index is 13.5. The van der Waals surface area contributed by atoms with Gasteiger partial charge in [0.05, 0.1) is 16.6 Å². The van der Waals surface area contributed by atoms with Gasteiger partial charge in [0.25, 0.3) is 11.8 Å². The number of para-hydroxylation sites is 3. The summed E-state index contributed by atoms with van der Waals surface area (Å²) < 4.78 is 12.8. The van der Waals surface area contributed by atoms with Crippen molar-refractivity contribution in [2.75, 3.05) is 20.4 Å². The fourth-order valence-electron chi connectivity index (χ4n) is 4.55. The number of nitrogens with zero attached hydrogens (tertiary/aromatic N) is 3. The molecule has 1 N–H and O–H groups in total. The highest BCUT2D eigenvalue weighted by Crippen LogP contribution is 2.36. The van der Waals surface area contributed by atoms with Gasteiger partial charge in [-0.3, -0.25) is 9.59 Å². The second-order valence-corrected chi connectivity index (χ2v) is 8.83. The zero-order chi connectivity index (χ0) is 25.1. The average molecular weight is 485 g/mol. The number of aromatic nitrogens is 2. The summed E-state index contributed by atoms with van der Waals surface area (Å²) >= 11 is 0. The quantitative estimate of drug-likeness (QED) is 0.411. The molecule has 1 unspecified atom stereocenters. The summed E-state index contributed by atoms with van der Waals surface area (Å²) in [5, 5.41) is 2.99. The smallest absolute Gasteiger partial charge is 0.287 e. The molecule has 36 heavy (non-hydrogen) atoms. The summed E-state index contributed by atoms with van der Waals surface area (Å²) in [5.41, 5.74) is 3.26. The molecule has 8 nitrogen and oxygen atoms in total. The summed E-state index contributed by atoms with van der Waals surface area (Å²) in [7, 11) is 3.62. The zero-order valence-electron chi connectivity index (χ0n) is 20.3. The first-order valence-electron chi connectivity index (χ1n) is 11.9. The highest BCUT2D eigenvalue weighted by Gasteiger charge is 2.28. The molecule has 0 fully saturated rings. The third-order valence-corrected chi connectivity index (χ3v) is 6.56. The van der Waals surface area contributed by atoms with Crippen molar-refractivity contribution >= 4 is 22.8 Å². The van der Waals surface area contributed by atoms with Gasteiger partial charge in [-0.1, -0.05) is 48.5 Å². The number of rotatable bonds is 8. The molecular formula is C28H28N4O4. The van der Waals surface area contributed by atoms with Crippen molar-refractivity contribution in [3.63, 3.8) is 0 Å². The molecule has 0 bridgehead atoms. The molecule has 0 saturated heterocycles. The van der Waals surface area contributed by atoms with E-state index in [0.29, 0.717) is 42.3 Å². The van der Waals surface area contributed by atoms with E-state index >= 15 is 0 Å². The van der Waals surface area contributed by atoms with Gasteiger partial charge in [0, 0.05) is 26.7 Å². The summed E-state index contributed by atoms with van der Waals surface area (Å²) in [6.07, 6.45) is 1.22. The van der Waals surface area contributed by atoms with Crippen LogP contribution in [0.1, 0.15) is 33.0 Å². The van der Waals surface area contributed by atoms with Gasteiger partial charge in [0.1, 0.15) is 0 Å². The molecule has 1 aliphatic heterocycles. The van der Waals surface area contributed by atoms with Crippen LogP contribution in [0.4, 0.5) is 0 Å². The van der Waals surface area contributed by atoms with Gasteiger partial charge in [0.15, 0.2) is 17.3 Å². The van der Waals surface area contributed by atoms with Gasteiger partial charge in [0.2, 0.25) is 6.79 Å². The summed E-state index contributed by atoms with van der Waals surface area (Å²) in [4.78, 5) is 32.6. The Morgan fingerprint density at radius 2 is 1.81 bits per heavy atom. The van der Waals surface area contributed by atoms with Crippen molar-refractivity contribution in [1.82, 2.24) is 19.8 Å². The van der Waals surface area contributed by atoms with Gasteiger partial charge in [-0.05, 0) is 42.7 Å². The van der Waals surface area contributed by atoms with Crippen LogP contribution in [0.5, 0.6) is 11.5 Å². The second kappa shape index (κ2) is 10.1. The third kappa shape index (κ3) is 4.62. The largest absolute Gasteiger partial charge is 0.454 e. The minimum absolute atomic E-state index is 0.102.